The van der Waals surface area contributed by atoms with Crippen LogP contribution in [0.4, 0.5) is 0 Å². The summed E-state index contributed by atoms with van der Waals surface area (Å²) in [5, 5.41) is 0.215. The van der Waals surface area contributed by atoms with Crippen LogP contribution in [0.3, 0.4) is 0 Å². The Hall–Kier alpha value is -0.356. The van der Waals surface area contributed by atoms with Crippen molar-refractivity contribution < 1.29 is 27.9 Å². The standard InChI is InChI=1S/C29H54O6Si2/c1-21(30)14-15-29-17-16-27(8,35-29)18-22(32-29)24-23(34-37(12,13)26(5,6)7)19-28(9,33-24)20-31-36(10,11)25(2,3)4/h14-15,22-24H,16-20H2,1-13H3/b15-14+/t22-,23+,24+,27-,28+,29+/m0/s1. The molecule has 0 aromatic rings. The van der Waals surface area contributed by atoms with Crippen molar-refractivity contribution in [2.24, 2.45) is 0 Å². The van der Waals surface area contributed by atoms with E-state index in [0.29, 0.717) is 6.61 Å². The molecule has 0 amide bonds. The Balaban J connectivity index is 1.90. The molecule has 3 fully saturated rings. The number of hydrogen-bond donors (Lipinski definition) is 0. The first kappa shape index (κ1) is 31.2. The van der Waals surface area contributed by atoms with E-state index in [-0.39, 0.29) is 39.8 Å². The number of rotatable bonds is 8. The molecule has 0 saturated carbocycles. The molecule has 0 aromatic carbocycles. The van der Waals surface area contributed by atoms with Gasteiger partial charge in [0.25, 0.3) is 0 Å². The van der Waals surface area contributed by atoms with Gasteiger partial charge < -0.3 is 23.1 Å². The van der Waals surface area contributed by atoms with Crippen LogP contribution in [0, 0.1) is 0 Å². The van der Waals surface area contributed by atoms with Crippen LogP contribution in [0.1, 0.15) is 88.0 Å². The van der Waals surface area contributed by atoms with E-state index in [0.717, 1.165) is 25.7 Å². The van der Waals surface area contributed by atoms with Crippen LogP contribution >= 0.6 is 0 Å². The molecule has 3 heterocycles. The molecule has 3 aliphatic heterocycles. The Morgan fingerprint density at radius 1 is 0.946 bits per heavy atom. The molecule has 37 heavy (non-hydrogen) atoms. The first-order valence-electron chi connectivity index (χ1n) is 14.1. The zero-order valence-electron chi connectivity index (χ0n) is 25.9. The van der Waals surface area contributed by atoms with Crippen molar-refractivity contribution in [3.05, 3.63) is 12.2 Å². The fraction of sp³-hybridized carbons (Fsp3) is 0.897. The number of carbonyl (C=O) groups is 1. The summed E-state index contributed by atoms with van der Waals surface area (Å²) >= 11 is 0. The lowest BCUT2D eigenvalue weighted by Gasteiger charge is -2.45. The van der Waals surface area contributed by atoms with Crippen molar-refractivity contribution in [3.8, 4) is 0 Å². The molecule has 2 bridgehead atoms. The quantitative estimate of drug-likeness (QED) is 0.235. The van der Waals surface area contributed by atoms with E-state index in [2.05, 4.69) is 81.6 Å². The Kier molecular flexibility index (Phi) is 8.36. The summed E-state index contributed by atoms with van der Waals surface area (Å²) in [6.45, 7) is 29.2. The molecule has 0 radical (unpaired) electrons. The topological polar surface area (TPSA) is 63.2 Å². The average Bonchev–Trinajstić information content (AvgIpc) is 3.16. The zero-order valence-corrected chi connectivity index (χ0v) is 27.9. The van der Waals surface area contributed by atoms with Crippen molar-refractivity contribution in [1.29, 1.82) is 0 Å². The maximum absolute atomic E-state index is 11.7. The van der Waals surface area contributed by atoms with Crippen LogP contribution in [0.15, 0.2) is 12.2 Å². The predicted molar refractivity (Wildman–Crippen MR) is 154 cm³/mol. The van der Waals surface area contributed by atoms with Crippen molar-refractivity contribution in [1.82, 2.24) is 0 Å². The lowest BCUT2D eigenvalue weighted by Crippen LogP contribution is -2.54. The summed E-state index contributed by atoms with van der Waals surface area (Å²) < 4.78 is 33.8. The summed E-state index contributed by atoms with van der Waals surface area (Å²) in [7, 11) is -4.01. The van der Waals surface area contributed by atoms with Gasteiger partial charge in [-0.3, -0.25) is 4.79 Å². The molecule has 0 unspecified atom stereocenters. The maximum atomic E-state index is 11.7. The van der Waals surface area contributed by atoms with Gasteiger partial charge in [-0.25, -0.2) is 0 Å². The van der Waals surface area contributed by atoms with Crippen molar-refractivity contribution in [2.75, 3.05) is 6.61 Å². The summed E-state index contributed by atoms with van der Waals surface area (Å²) in [6.07, 6.45) is 6.00. The van der Waals surface area contributed by atoms with Gasteiger partial charge >= 0.3 is 0 Å². The number of ether oxygens (including phenoxy) is 3. The van der Waals surface area contributed by atoms with Gasteiger partial charge in [0, 0.05) is 19.3 Å². The van der Waals surface area contributed by atoms with Crippen LogP contribution in [-0.2, 0) is 27.9 Å². The van der Waals surface area contributed by atoms with E-state index in [1.54, 1.807) is 13.0 Å². The van der Waals surface area contributed by atoms with Gasteiger partial charge in [0.15, 0.2) is 28.2 Å². The highest BCUT2D eigenvalue weighted by atomic mass is 28.4. The number of hydrogen-bond acceptors (Lipinski definition) is 6. The van der Waals surface area contributed by atoms with E-state index < -0.39 is 28.0 Å². The SMILES string of the molecule is CC(=O)/C=C/[C@@]12CC[C@@](C)(C[C@@H]([C@H]3O[C@@](C)(CO[Si](C)(C)C(C)(C)C)C[C@H]3O[Si](C)(C)C(C)(C)C)O1)O2. The summed E-state index contributed by atoms with van der Waals surface area (Å²) in [5.41, 5.74) is -0.775. The molecule has 0 spiro atoms. The Morgan fingerprint density at radius 3 is 2.08 bits per heavy atom. The van der Waals surface area contributed by atoms with Gasteiger partial charge in [0.1, 0.15) is 6.10 Å². The summed E-state index contributed by atoms with van der Waals surface area (Å²) in [4.78, 5) is 11.7. The fourth-order valence-corrected chi connectivity index (χ4v) is 7.54. The number of ketones is 1. The smallest absolute Gasteiger partial charge is 0.192 e. The lowest BCUT2D eigenvalue weighted by atomic mass is 9.91. The second kappa shape index (κ2) is 9.93. The monoisotopic (exact) mass is 554 g/mol. The first-order chi connectivity index (χ1) is 16.5. The van der Waals surface area contributed by atoms with E-state index in [1.807, 2.05) is 6.08 Å². The molecule has 6 nitrogen and oxygen atoms in total. The largest absolute Gasteiger partial charge is 0.414 e. The summed E-state index contributed by atoms with van der Waals surface area (Å²) in [5.74, 6) is -0.894. The van der Waals surface area contributed by atoms with E-state index in [9.17, 15) is 4.79 Å². The van der Waals surface area contributed by atoms with Crippen molar-refractivity contribution in [2.45, 2.75) is 160 Å². The number of allylic oxidation sites excluding steroid dienone is 1. The molecule has 3 aliphatic rings. The molecule has 0 N–H and O–H groups in total. The molecular weight excluding hydrogens is 500 g/mol. The molecular formula is C29H54O6Si2. The van der Waals surface area contributed by atoms with Gasteiger partial charge in [-0.1, -0.05) is 41.5 Å². The molecule has 3 saturated heterocycles. The molecule has 0 aliphatic carbocycles. The normalized spacial score (nSPS) is 37.5. The van der Waals surface area contributed by atoms with Gasteiger partial charge in [-0.2, -0.15) is 0 Å². The molecule has 0 aromatic heterocycles. The zero-order chi connectivity index (χ0) is 28.3. The van der Waals surface area contributed by atoms with Gasteiger partial charge in [-0.15, -0.1) is 0 Å². The van der Waals surface area contributed by atoms with Crippen molar-refractivity contribution in [3.63, 3.8) is 0 Å². The third-order valence-corrected chi connectivity index (χ3v) is 18.5. The Bertz CT molecular complexity index is 888. The van der Waals surface area contributed by atoms with Crippen LogP contribution < -0.4 is 0 Å². The van der Waals surface area contributed by atoms with Gasteiger partial charge in [0.05, 0.1) is 30.0 Å². The van der Waals surface area contributed by atoms with Crippen LogP contribution in [-0.4, -0.2) is 64.3 Å². The number of carbonyl (C=O) groups excluding carboxylic acids is 1. The highest BCUT2D eigenvalue weighted by Gasteiger charge is 2.59. The molecule has 3 rings (SSSR count). The minimum absolute atomic E-state index is 0.0103. The molecule has 8 heteroatoms. The second-order valence-corrected chi connectivity index (χ2v) is 24.9. The maximum Gasteiger partial charge on any atom is 0.192 e. The van der Waals surface area contributed by atoms with Crippen LogP contribution in [0.5, 0.6) is 0 Å². The Labute approximate surface area is 228 Å². The van der Waals surface area contributed by atoms with E-state index in [1.165, 1.54) is 0 Å². The Morgan fingerprint density at radius 2 is 1.54 bits per heavy atom. The van der Waals surface area contributed by atoms with Gasteiger partial charge in [-0.05, 0) is 75.6 Å². The lowest BCUT2D eigenvalue weighted by molar-refractivity contribution is -0.307. The number of fused-ring (bicyclic) bond motifs is 2. The van der Waals surface area contributed by atoms with Crippen LogP contribution in [0.25, 0.3) is 0 Å². The highest BCUT2D eigenvalue weighted by molar-refractivity contribution is 6.74. The minimum atomic E-state index is -2.07. The third-order valence-electron chi connectivity index (χ3n) is 9.56. The van der Waals surface area contributed by atoms with E-state index in [4.69, 9.17) is 23.1 Å². The molecule has 6 atom stereocenters. The highest BCUT2D eigenvalue weighted by Crippen LogP contribution is 2.51. The summed E-state index contributed by atoms with van der Waals surface area (Å²) in [6, 6.07) is 0. The predicted octanol–water partition coefficient (Wildman–Crippen LogP) is 7.15. The minimum Gasteiger partial charge on any atom is -0.414 e. The van der Waals surface area contributed by atoms with Crippen LogP contribution in [0.2, 0.25) is 36.3 Å². The van der Waals surface area contributed by atoms with E-state index >= 15 is 0 Å². The van der Waals surface area contributed by atoms with Crippen molar-refractivity contribution >= 4 is 22.4 Å². The average molecular weight is 555 g/mol. The third kappa shape index (κ3) is 6.87. The second-order valence-electron chi connectivity index (χ2n) is 15.4. The fourth-order valence-electron chi connectivity index (χ4n) is 5.11. The first-order valence-corrected chi connectivity index (χ1v) is 19.9. The molecule has 214 valence electrons. The van der Waals surface area contributed by atoms with Gasteiger partial charge in [0.2, 0.25) is 0 Å².